The van der Waals surface area contributed by atoms with E-state index in [1.54, 1.807) is 7.11 Å². The number of nitrogens with one attached hydrogen (secondary N) is 1. The number of aliphatic hydroxyl groups excluding tert-OH is 1. The van der Waals surface area contributed by atoms with Gasteiger partial charge in [-0.05, 0) is 36.8 Å². The molecule has 0 spiro atoms. The van der Waals surface area contributed by atoms with Crippen molar-refractivity contribution in [2.75, 3.05) is 27.4 Å². The molecular formula is C19H32NO5P. The molecule has 0 fully saturated rings. The summed E-state index contributed by atoms with van der Waals surface area (Å²) >= 11 is 0. The molecule has 0 aromatic heterocycles. The summed E-state index contributed by atoms with van der Waals surface area (Å²) in [5.41, 5.74) is 1.97. The summed E-state index contributed by atoms with van der Waals surface area (Å²) in [7, 11) is 0.333. The standard InChI is InChI=1S/C19H32NO5P/c1-16(12-21)7-5-10-19(20-2)15-25-26(4,22)24-14-18-9-6-8-17(11-18)13-23-3/h5-9,11,16,19-22H,4,10,12-15H2,1-3H3/b7-5-. The molecule has 0 heterocycles. The molecule has 0 saturated carbocycles. The molecule has 0 aliphatic carbocycles. The highest BCUT2D eigenvalue weighted by Gasteiger charge is 2.15. The van der Waals surface area contributed by atoms with Crippen molar-refractivity contribution >= 4 is 13.9 Å². The van der Waals surface area contributed by atoms with Gasteiger partial charge in [0.25, 0.3) is 0 Å². The van der Waals surface area contributed by atoms with Gasteiger partial charge in [0.2, 0.25) is 7.57 Å². The van der Waals surface area contributed by atoms with E-state index in [-0.39, 0.29) is 31.8 Å². The fourth-order valence-electron chi connectivity index (χ4n) is 2.20. The van der Waals surface area contributed by atoms with E-state index in [0.717, 1.165) is 17.5 Å². The minimum Gasteiger partial charge on any atom is -0.396 e. The van der Waals surface area contributed by atoms with Crippen LogP contribution >= 0.6 is 7.57 Å². The van der Waals surface area contributed by atoms with Crippen LogP contribution in [0.1, 0.15) is 24.5 Å². The normalized spacial score (nSPS) is 16.5. The van der Waals surface area contributed by atoms with Gasteiger partial charge in [0.05, 0.1) is 19.8 Å². The van der Waals surface area contributed by atoms with Crippen LogP contribution in [-0.4, -0.2) is 49.7 Å². The lowest BCUT2D eigenvalue weighted by Gasteiger charge is -2.22. The molecule has 26 heavy (non-hydrogen) atoms. The molecule has 0 bridgehead atoms. The van der Waals surface area contributed by atoms with Crippen LogP contribution in [0.15, 0.2) is 36.4 Å². The van der Waals surface area contributed by atoms with E-state index >= 15 is 0 Å². The molecule has 3 unspecified atom stereocenters. The third-order valence-electron chi connectivity index (χ3n) is 3.79. The number of hydrogen-bond acceptors (Lipinski definition) is 6. The molecular weight excluding hydrogens is 353 g/mol. The number of ether oxygens (including phenoxy) is 1. The zero-order valence-corrected chi connectivity index (χ0v) is 16.8. The lowest BCUT2D eigenvalue weighted by molar-refractivity contribution is 0.174. The summed E-state index contributed by atoms with van der Waals surface area (Å²) in [6.45, 7) is 3.10. The minimum absolute atomic E-state index is 0.0269. The average molecular weight is 385 g/mol. The quantitative estimate of drug-likeness (QED) is 0.358. The van der Waals surface area contributed by atoms with Gasteiger partial charge in [0, 0.05) is 19.8 Å². The maximum absolute atomic E-state index is 10.3. The molecule has 1 aromatic rings. The maximum Gasteiger partial charge on any atom is 0.248 e. The highest BCUT2D eigenvalue weighted by Crippen LogP contribution is 2.43. The van der Waals surface area contributed by atoms with Crippen molar-refractivity contribution in [3.8, 4) is 0 Å². The third kappa shape index (κ3) is 9.64. The fourth-order valence-corrected chi connectivity index (χ4v) is 3.04. The van der Waals surface area contributed by atoms with Gasteiger partial charge in [-0.3, -0.25) is 0 Å². The first-order chi connectivity index (χ1) is 12.4. The van der Waals surface area contributed by atoms with E-state index in [1.165, 1.54) is 0 Å². The highest BCUT2D eigenvalue weighted by molar-refractivity contribution is 7.58. The zero-order valence-electron chi connectivity index (χ0n) is 15.9. The van der Waals surface area contributed by atoms with Crippen molar-refractivity contribution in [1.82, 2.24) is 5.32 Å². The van der Waals surface area contributed by atoms with Crippen molar-refractivity contribution in [3.05, 3.63) is 47.5 Å². The second-order valence-corrected chi connectivity index (χ2v) is 8.06. The van der Waals surface area contributed by atoms with Crippen LogP contribution in [0.3, 0.4) is 0 Å². The molecule has 0 aliphatic heterocycles. The molecule has 3 atom stereocenters. The Balaban J connectivity index is 2.45. The predicted octanol–water partition coefficient (Wildman–Crippen LogP) is 2.72. The Bertz CT molecular complexity index is 593. The van der Waals surface area contributed by atoms with Gasteiger partial charge in [-0.25, -0.2) is 0 Å². The Kier molecular flexibility index (Phi) is 11.0. The van der Waals surface area contributed by atoms with Crippen LogP contribution < -0.4 is 5.32 Å². The molecule has 0 saturated heterocycles. The molecule has 7 heteroatoms. The van der Waals surface area contributed by atoms with E-state index in [2.05, 4.69) is 11.6 Å². The second kappa shape index (κ2) is 12.4. The number of methoxy groups -OCH3 is 1. The maximum atomic E-state index is 10.3. The molecule has 148 valence electrons. The molecule has 0 radical (unpaired) electrons. The van der Waals surface area contributed by atoms with E-state index in [4.69, 9.17) is 18.9 Å². The van der Waals surface area contributed by atoms with E-state index in [9.17, 15) is 4.89 Å². The number of hydrogen-bond donors (Lipinski definition) is 3. The van der Waals surface area contributed by atoms with Crippen LogP contribution in [0.2, 0.25) is 0 Å². The van der Waals surface area contributed by atoms with Gasteiger partial charge >= 0.3 is 0 Å². The van der Waals surface area contributed by atoms with Gasteiger partial charge in [0.15, 0.2) is 0 Å². The SMILES string of the molecule is C=P(O)(OCc1cccc(COC)c1)OCC(C/C=C\C(C)CO)NC. The van der Waals surface area contributed by atoms with Crippen molar-refractivity contribution in [1.29, 1.82) is 0 Å². The number of benzene rings is 1. The Morgan fingerprint density at radius 2 is 1.96 bits per heavy atom. The monoisotopic (exact) mass is 385 g/mol. The van der Waals surface area contributed by atoms with E-state index in [1.807, 2.05) is 50.4 Å². The molecule has 1 aromatic carbocycles. The first kappa shape index (κ1) is 23.1. The molecule has 0 amide bonds. The van der Waals surface area contributed by atoms with Gasteiger partial charge in [0.1, 0.15) is 0 Å². The van der Waals surface area contributed by atoms with Crippen LogP contribution in [0.5, 0.6) is 0 Å². The van der Waals surface area contributed by atoms with Crippen molar-refractivity contribution < 1.29 is 23.8 Å². The smallest absolute Gasteiger partial charge is 0.248 e. The Morgan fingerprint density at radius 3 is 2.58 bits per heavy atom. The van der Waals surface area contributed by atoms with E-state index < -0.39 is 7.57 Å². The predicted molar refractivity (Wildman–Crippen MR) is 107 cm³/mol. The van der Waals surface area contributed by atoms with Gasteiger partial charge in [-0.2, -0.15) is 0 Å². The van der Waals surface area contributed by atoms with Crippen molar-refractivity contribution in [3.63, 3.8) is 0 Å². The van der Waals surface area contributed by atoms with Crippen molar-refractivity contribution in [2.24, 2.45) is 5.92 Å². The Hall–Kier alpha value is -0.980. The summed E-state index contributed by atoms with van der Waals surface area (Å²) in [5, 5.41) is 12.1. The van der Waals surface area contributed by atoms with Crippen LogP contribution in [0.25, 0.3) is 0 Å². The molecule has 1 rings (SSSR count). The lowest BCUT2D eigenvalue weighted by atomic mass is 10.1. The summed E-state index contributed by atoms with van der Waals surface area (Å²) in [6.07, 6.45) is 8.36. The largest absolute Gasteiger partial charge is 0.396 e. The van der Waals surface area contributed by atoms with Crippen LogP contribution in [0, 0.1) is 5.92 Å². The van der Waals surface area contributed by atoms with Gasteiger partial charge in [-0.15, -0.1) is 0 Å². The number of aliphatic hydroxyl groups is 1. The fraction of sp³-hybridized carbons (Fsp3) is 0.526. The first-order valence-corrected chi connectivity index (χ1v) is 10.4. The zero-order chi connectivity index (χ0) is 19.4. The summed E-state index contributed by atoms with van der Waals surface area (Å²) in [5.74, 6) is 0.128. The second-order valence-electron chi connectivity index (χ2n) is 6.27. The Morgan fingerprint density at radius 1 is 1.27 bits per heavy atom. The first-order valence-electron chi connectivity index (χ1n) is 8.67. The Labute approximate surface area is 157 Å². The number of likely N-dealkylation sites (N-methyl/N-ethyl adjacent to an activating group) is 1. The number of rotatable bonds is 13. The summed E-state index contributed by atoms with van der Waals surface area (Å²) in [4.78, 5) is 10.3. The molecule has 0 aliphatic rings. The highest BCUT2D eigenvalue weighted by atomic mass is 31.2. The third-order valence-corrected chi connectivity index (χ3v) is 4.88. The minimum atomic E-state index is -3.15. The van der Waals surface area contributed by atoms with Crippen LogP contribution in [0.4, 0.5) is 0 Å². The average Bonchev–Trinajstić information content (AvgIpc) is 2.63. The van der Waals surface area contributed by atoms with Crippen LogP contribution in [-0.2, 0) is 27.0 Å². The van der Waals surface area contributed by atoms with Gasteiger partial charge < -0.3 is 29.1 Å². The van der Waals surface area contributed by atoms with Gasteiger partial charge in [-0.1, -0.05) is 43.3 Å². The topological polar surface area (TPSA) is 80.2 Å². The van der Waals surface area contributed by atoms with E-state index in [0.29, 0.717) is 6.61 Å². The molecule has 6 nitrogen and oxygen atoms in total. The van der Waals surface area contributed by atoms with Crippen molar-refractivity contribution in [2.45, 2.75) is 32.6 Å². The summed E-state index contributed by atoms with van der Waals surface area (Å²) in [6, 6.07) is 7.80. The lowest BCUT2D eigenvalue weighted by Crippen LogP contribution is -2.29. The summed E-state index contributed by atoms with van der Waals surface area (Å²) < 4.78 is 16.2. The molecule has 3 N–H and O–H groups in total.